The van der Waals surface area contributed by atoms with Gasteiger partial charge in [-0.3, -0.25) is 4.79 Å². The second-order valence-corrected chi connectivity index (χ2v) is 6.08. The molecule has 0 aliphatic rings. The Labute approximate surface area is 103 Å². The summed E-state index contributed by atoms with van der Waals surface area (Å²) in [6.07, 6.45) is 1.09. The molecule has 0 spiro atoms. The maximum atomic E-state index is 11.6. The Morgan fingerprint density at radius 3 is 2.53 bits per heavy atom. The van der Waals surface area contributed by atoms with E-state index in [4.69, 9.17) is 10.5 Å². The molecule has 0 aromatic carbocycles. The number of carbonyl (C=O) groups is 1. The topological polar surface area (TPSA) is 89.7 Å². The van der Waals surface area contributed by atoms with Gasteiger partial charge in [0.25, 0.3) is 0 Å². The highest BCUT2D eigenvalue weighted by Crippen LogP contribution is 1.98. The van der Waals surface area contributed by atoms with Gasteiger partial charge in [-0.15, -0.1) is 0 Å². The second-order valence-electron chi connectivity index (χ2n) is 3.90. The lowest BCUT2D eigenvalue weighted by Crippen LogP contribution is -2.34. The SMILES string of the molecule is COCCCS(=O)(=O)CC(=O)N(C)CCCN. The third-order valence-electron chi connectivity index (χ3n) is 2.27. The molecule has 17 heavy (non-hydrogen) atoms. The molecule has 0 aromatic heterocycles. The predicted molar refractivity (Wildman–Crippen MR) is 66.5 cm³/mol. The number of rotatable bonds is 9. The minimum atomic E-state index is -3.33. The normalized spacial score (nSPS) is 11.5. The van der Waals surface area contributed by atoms with E-state index in [1.54, 1.807) is 7.05 Å². The molecule has 6 nitrogen and oxygen atoms in total. The molecule has 0 fully saturated rings. The van der Waals surface area contributed by atoms with Gasteiger partial charge in [0.15, 0.2) is 9.84 Å². The fraction of sp³-hybridized carbons (Fsp3) is 0.900. The molecular formula is C10H22N2O4S. The average Bonchev–Trinajstić information content (AvgIpc) is 2.25. The maximum Gasteiger partial charge on any atom is 0.237 e. The molecule has 0 radical (unpaired) electrons. The van der Waals surface area contributed by atoms with Crippen molar-refractivity contribution < 1.29 is 17.9 Å². The highest BCUT2D eigenvalue weighted by atomic mass is 32.2. The summed E-state index contributed by atoms with van der Waals surface area (Å²) in [4.78, 5) is 13.0. The molecule has 7 heteroatoms. The van der Waals surface area contributed by atoms with Crippen LogP contribution in [0.2, 0.25) is 0 Å². The quantitative estimate of drug-likeness (QED) is 0.554. The second kappa shape index (κ2) is 8.43. The number of hydrogen-bond donors (Lipinski definition) is 1. The smallest absolute Gasteiger partial charge is 0.237 e. The van der Waals surface area contributed by atoms with Gasteiger partial charge < -0.3 is 15.4 Å². The Bertz CT molecular complexity index is 316. The molecule has 0 unspecified atom stereocenters. The van der Waals surface area contributed by atoms with E-state index in [0.29, 0.717) is 32.5 Å². The van der Waals surface area contributed by atoms with Crippen molar-refractivity contribution in [2.24, 2.45) is 5.73 Å². The minimum Gasteiger partial charge on any atom is -0.385 e. The van der Waals surface area contributed by atoms with Gasteiger partial charge in [-0.25, -0.2) is 8.42 Å². The maximum absolute atomic E-state index is 11.6. The fourth-order valence-corrected chi connectivity index (χ4v) is 2.55. The van der Waals surface area contributed by atoms with Crippen LogP contribution in [0.4, 0.5) is 0 Å². The Balaban J connectivity index is 4.08. The first-order chi connectivity index (χ1) is 7.93. The van der Waals surface area contributed by atoms with Crippen LogP contribution in [0.15, 0.2) is 0 Å². The van der Waals surface area contributed by atoms with Crippen LogP contribution in [-0.2, 0) is 19.4 Å². The first-order valence-corrected chi connectivity index (χ1v) is 7.38. The van der Waals surface area contributed by atoms with E-state index in [-0.39, 0.29) is 11.7 Å². The van der Waals surface area contributed by atoms with Crippen molar-refractivity contribution in [3.8, 4) is 0 Å². The molecule has 1 amide bonds. The minimum absolute atomic E-state index is 0.0166. The zero-order valence-corrected chi connectivity index (χ0v) is 11.3. The van der Waals surface area contributed by atoms with Gasteiger partial charge in [-0.2, -0.15) is 0 Å². The summed E-state index contributed by atoms with van der Waals surface area (Å²) in [5.41, 5.74) is 5.32. The average molecular weight is 266 g/mol. The van der Waals surface area contributed by atoms with Gasteiger partial charge in [-0.1, -0.05) is 0 Å². The van der Waals surface area contributed by atoms with Gasteiger partial charge in [0.2, 0.25) is 5.91 Å². The summed E-state index contributed by atoms with van der Waals surface area (Å²) in [5.74, 6) is -0.828. The largest absolute Gasteiger partial charge is 0.385 e. The van der Waals surface area contributed by atoms with Crippen molar-refractivity contribution in [1.29, 1.82) is 0 Å². The number of hydrogen-bond acceptors (Lipinski definition) is 5. The van der Waals surface area contributed by atoms with Crippen molar-refractivity contribution in [2.45, 2.75) is 12.8 Å². The molecule has 0 rings (SSSR count). The first kappa shape index (κ1) is 16.3. The van der Waals surface area contributed by atoms with E-state index in [2.05, 4.69) is 0 Å². The number of methoxy groups -OCH3 is 1. The number of carbonyl (C=O) groups excluding carboxylic acids is 1. The molecule has 0 saturated heterocycles. The number of nitrogens with zero attached hydrogens (tertiary/aromatic N) is 1. The van der Waals surface area contributed by atoms with Crippen LogP contribution in [0.1, 0.15) is 12.8 Å². The van der Waals surface area contributed by atoms with E-state index in [1.165, 1.54) is 12.0 Å². The molecule has 0 aliphatic carbocycles. The molecule has 0 aliphatic heterocycles. The molecular weight excluding hydrogens is 244 g/mol. The summed E-state index contributed by atoms with van der Waals surface area (Å²) in [6.45, 7) is 1.36. The van der Waals surface area contributed by atoms with Crippen LogP contribution in [-0.4, -0.2) is 64.6 Å². The van der Waals surface area contributed by atoms with Crippen LogP contribution in [0.3, 0.4) is 0 Å². The summed E-state index contributed by atoms with van der Waals surface area (Å²) >= 11 is 0. The van der Waals surface area contributed by atoms with Crippen LogP contribution in [0.5, 0.6) is 0 Å². The lowest BCUT2D eigenvalue weighted by molar-refractivity contribution is -0.127. The van der Waals surface area contributed by atoms with E-state index < -0.39 is 15.6 Å². The number of amides is 1. The molecule has 2 N–H and O–H groups in total. The molecule has 102 valence electrons. The van der Waals surface area contributed by atoms with Gasteiger partial charge in [-0.05, 0) is 19.4 Å². The number of sulfone groups is 1. The molecule has 0 heterocycles. The lowest BCUT2D eigenvalue weighted by Gasteiger charge is -2.16. The monoisotopic (exact) mass is 266 g/mol. The van der Waals surface area contributed by atoms with Crippen molar-refractivity contribution >= 4 is 15.7 Å². The number of nitrogens with two attached hydrogens (primary N) is 1. The van der Waals surface area contributed by atoms with Gasteiger partial charge in [0.1, 0.15) is 5.75 Å². The van der Waals surface area contributed by atoms with Crippen LogP contribution in [0, 0.1) is 0 Å². The summed E-state index contributed by atoms with van der Waals surface area (Å²) in [7, 11) is -0.227. The van der Waals surface area contributed by atoms with Gasteiger partial charge >= 0.3 is 0 Å². The van der Waals surface area contributed by atoms with Crippen molar-refractivity contribution in [3.63, 3.8) is 0 Å². The van der Waals surface area contributed by atoms with E-state index >= 15 is 0 Å². The summed E-state index contributed by atoms with van der Waals surface area (Å²) in [5, 5.41) is 0. The Morgan fingerprint density at radius 1 is 1.35 bits per heavy atom. The first-order valence-electron chi connectivity index (χ1n) is 5.56. The Kier molecular flexibility index (Phi) is 8.11. The van der Waals surface area contributed by atoms with Gasteiger partial charge in [0.05, 0.1) is 5.75 Å². The van der Waals surface area contributed by atoms with Crippen molar-refractivity contribution in [2.75, 3.05) is 45.4 Å². The van der Waals surface area contributed by atoms with Gasteiger partial charge in [0, 0.05) is 27.3 Å². The van der Waals surface area contributed by atoms with E-state index in [0.717, 1.165) is 0 Å². The number of ether oxygens (including phenoxy) is 1. The highest BCUT2D eigenvalue weighted by Gasteiger charge is 2.18. The van der Waals surface area contributed by atoms with Crippen LogP contribution < -0.4 is 5.73 Å². The highest BCUT2D eigenvalue weighted by molar-refractivity contribution is 7.92. The zero-order valence-electron chi connectivity index (χ0n) is 10.5. The van der Waals surface area contributed by atoms with E-state index in [1.807, 2.05) is 0 Å². The Hall–Kier alpha value is -0.660. The molecule has 0 aromatic rings. The van der Waals surface area contributed by atoms with Crippen molar-refractivity contribution in [1.82, 2.24) is 4.90 Å². The third kappa shape index (κ3) is 8.12. The molecule has 0 atom stereocenters. The fourth-order valence-electron chi connectivity index (χ4n) is 1.25. The van der Waals surface area contributed by atoms with Crippen LogP contribution >= 0.6 is 0 Å². The predicted octanol–water partition coefficient (Wildman–Crippen LogP) is -0.755. The summed E-state index contributed by atoms with van der Waals surface area (Å²) < 4.78 is 27.9. The Morgan fingerprint density at radius 2 is 2.00 bits per heavy atom. The molecule has 0 saturated carbocycles. The van der Waals surface area contributed by atoms with Crippen molar-refractivity contribution in [3.05, 3.63) is 0 Å². The summed E-state index contributed by atoms with van der Waals surface area (Å²) in [6, 6.07) is 0. The van der Waals surface area contributed by atoms with Crippen LogP contribution in [0.25, 0.3) is 0 Å². The third-order valence-corrected chi connectivity index (χ3v) is 3.87. The lowest BCUT2D eigenvalue weighted by atomic mass is 10.4. The standard InChI is InChI=1S/C10H22N2O4S/c1-12(6-3-5-11)10(13)9-17(14,15)8-4-7-16-2/h3-9,11H2,1-2H3. The van der Waals surface area contributed by atoms with E-state index in [9.17, 15) is 13.2 Å². The molecule has 0 bridgehead atoms. The zero-order chi connectivity index (χ0) is 13.3.